The van der Waals surface area contributed by atoms with Crippen molar-refractivity contribution in [2.24, 2.45) is 5.92 Å². The molecule has 0 heterocycles. The quantitative estimate of drug-likeness (QED) is 0.727. The highest BCUT2D eigenvalue weighted by Crippen LogP contribution is 2.39. The smallest absolute Gasteiger partial charge is 0.233 e. The van der Waals surface area contributed by atoms with Gasteiger partial charge in [-0.3, -0.25) is 9.59 Å². The van der Waals surface area contributed by atoms with E-state index in [1.54, 1.807) is 0 Å². The number of carbonyl (C=O) groups is 2. The van der Waals surface area contributed by atoms with E-state index < -0.39 is 0 Å². The van der Waals surface area contributed by atoms with Crippen LogP contribution < -0.4 is 0 Å². The zero-order chi connectivity index (χ0) is 15.4. The van der Waals surface area contributed by atoms with E-state index in [4.69, 9.17) is 0 Å². The summed E-state index contributed by atoms with van der Waals surface area (Å²) in [4.78, 5) is 24.6. The summed E-state index contributed by atoms with van der Waals surface area (Å²) in [6.07, 6.45) is 5.25. The molecule has 110 valence electrons. The molecule has 0 amide bonds. The number of fused-ring (bicyclic) bond motifs is 2. The molecule has 2 aliphatic carbocycles. The molecule has 2 heteroatoms. The Balaban J connectivity index is 2.22. The van der Waals surface area contributed by atoms with Gasteiger partial charge in [0.05, 0.1) is 0 Å². The molecule has 0 fully saturated rings. The Morgan fingerprint density at radius 1 is 1.10 bits per heavy atom. The third kappa shape index (κ3) is 2.17. The van der Waals surface area contributed by atoms with Crippen LogP contribution in [0.5, 0.6) is 0 Å². The lowest BCUT2D eigenvalue weighted by Crippen LogP contribution is -2.28. The van der Waals surface area contributed by atoms with Crippen molar-refractivity contribution < 1.29 is 9.59 Å². The van der Waals surface area contributed by atoms with Crippen LogP contribution in [0.1, 0.15) is 67.6 Å². The first-order chi connectivity index (χ1) is 9.81. The Morgan fingerprint density at radius 3 is 2.48 bits per heavy atom. The number of carbonyl (C=O) groups excluding carboxylic acids is 2. The Kier molecular flexibility index (Phi) is 3.16. The van der Waals surface area contributed by atoms with Crippen LogP contribution in [0.25, 0.3) is 6.08 Å². The minimum atomic E-state index is -0.331. The molecule has 0 atom stereocenters. The average molecular weight is 282 g/mol. The molecule has 0 saturated carbocycles. The lowest BCUT2D eigenvalue weighted by atomic mass is 9.70. The molecule has 0 bridgehead atoms. The minimum Gasteiger partial charge on any atom is -0.285 e. The van der Waals surface area contributed by atoms with Gasteiger partial charge in [-0.1, -0.05) is 33.8 Å². The van der Waals surface area contributed by atoms with Gasteiger partial charge in [0.1, 0.15) is 0 Å². The Labute approximate surface area is 126 Å². The van der Waals surface area contributed by atoms with Gasteiger partial charge in [-0.15, -0.1) is 0 Å². The molecule has 1 aromatic rings. The molecule has 0 N–H and O–H groups in total. The van der Waals surface area contributed by atoms with E-state index in [0.29, 0.717) is 11.1 Å². The largest absolute Gasteiger partial charge is 0.285 e. The molecule has 2 nitrogen and oxygen atoms in total. The van der Waals surface area contributed by atoms with Gasteiger partial charge < -0.3 is 0 Å². The molecular weight excluding hydrogens is 260 g/mol. The van der Waals surface area contributed by atoms with Crippen LogP contribution in [0.3, 0.4) is 0 Å². The number of rotatable bonds is 1. The summed E-state index contributed by atoms with van der Waals surface area (Å²) < 4.78 is 0. The average Bonchev–Trinajstić information content (AvgIpc) is 2.41. The molecule has 3 rings (SSSR count). The van der Waals surface area contributed by atoms with E-state index in [1.807, 2.05) is 26.0 Å². The number of hydrogen-bond donors (Lipinski definition) is 0. The molecule has 0 unspecified atom stereocenters. The topological polar surface area (TPSA) is 34.1 Å². The highest BCUT2D eigenvalue weighted by molar-refractivity contribution is 6.51. The molecule has 0 aliphatic heterocycles. The summed E-state index contributed by atoms with van der Waals surface area (Å²) in [5.41, 5.74) is 4.90. The molecule has 0 radical (unpaired) electrons. The van der Waals surface area contributed by atoms with Crippen molar-refractivity contribution in [1.82, 2.24) is 0 Å². The second-order valence-electron chi connectivity index (χ2n) is 7.25. The van der Waals surface area contributed by atoms with Crippen molar-refractivity contribution in [2.45, 2.75) is 52.4 Å². The number of benzene rings is 1. The van der Waals surface area contributed by atoms with Crippen molar-refractivity contribution in [3.63, 3.8) is 0 Å². The second kappa shape index (κ2) is 4.66. The van der Waals surface area contributed by atoms with Crippen LogP contribution >= 0.6 is 0 Å². The van der Waals surface area contributed by atoms with E-state index >= 15 is 0 Å². The van der Waals surface area contributed by atoms with Gasteiger partial charge in [0.25, 0.3) is 0 Å². The zero-order valence-corrected chi connectivity index (χ0v) is 13.2. The highest BCUT2D eigenvalue weighted by atomic mass is 16.2. The third-order valence-electron chi connectivity index (χ3n) is 4.90. The number of aryl methyl sites for hydroxylation is 1. The molecule has 2 aliphatic rings. The van der Waals surface area contributed by atoms with Gasteiger partial charge in [0.15, 0.2) is 0 Å². The Bertz CT molecular complexity index is 675. The first-order valence-corrected chi connectivity index (χ1v) is 7.79. The fourth-order valence-corrected chi connectivity index (χ4v) is 3.58. The van der Waals surface area contributed by atoms with E-state index in [2.05, 4.69) is 19.9 Å². The first kappa shape index (κ1) is 14.2. The zero-order valence-electron chi connectivity index (χ0n) is 13.2. The lowest BCUT2D eigenvalue weighted by molar-refractivity contribution is -0.112. The second-order valence-corrected chi connectivity index (χ2v) is 7.25. The summed E-state index contributed by atoms with van der Waals surface area (Å²) in [5, 5.41) is 0. The van der Waals surface area contributed by atoms with Crippen LogP contribution in [0, 0.1) is 5.92 Å². The van der Waals surface area contributed by atoms with Gasteiger partial charge in [-0.05, 0) is 59.4 Å². The number of allylic oxidation sites excluding steroid dienone is 1. The van der Waals surface area contributed by atoms with Crippen LogP contribution in [0.15, 0.2) is 17.7 Å². The SMILES string of the molecule is CC(C)C1=Cc2cc3c(cc2C(=O)C1=O)CCCC3(C)C. The van der Waals surface area contributed by atoms with Crippen molar-refractivity contribution in [3.05, 3.63) is 40.0 Å². The summed E-state index contributed by atoms with van der Waals surface area (Å²) >= 11 is 0. The van der Waals surface area contributed by atoms with Crippen molar-refractivity contribution >= 4 is 17.6 Å². The maximum absolute atomic E-state index is 12.4. The van der Waals surface area contributed by atoms with Gasteiger partial charge in [-0.2, -0.15) is 0 Å². The predicted octanol–water partition coefficient (Wildman–Crippen LogP) is 4.11. The fraction of sp³-hybridized carbons (Fsp3) is 0.474. The maximum atomic E-state index is 12.4. The number of Topliss-reactive ketones (excluding diaryl/α,β-unsaturated/α-hetero) is 2. The lowest BCUT2D eigenvalue weighted by Gasteiger charge is -2.34. The predicted molar refractivity (Wildman–Crippen MR) is 84.6 cm³/mol. The van der Waals surface area contributed by atoms with Crippen LogP contribution in [0.2, 0.25) is 0 Å². The molecule has 1 aromatic carbocycles. The van der Waals surface area contributed by atoms with Gasteiger partial charge in [0.2, 0.25) is 11.6 Å². The summed E-state index contributed by atoms with van der Waals surface area (Å²) in [6, 6.07) is 4.12. The van der Waals surface area contributed by atoms with Gasteiger partial charge in [-0.25, -0.2) is 0 Å². The Morgan fingerprint density at radius 2 is 1.81 bits per heavy atom. The van der Waals surface area contributed by atoms with E-state index in [0.717, 1.165) is 18.4 Å². The third-order valence-corrected chi connectivity index (χ3v) is 4.90. The monoisotopic (exact) mass is 282 g/mol. The molecule has 0 aromatic heterocycles. The van der Waals surface area contributed by atoms with Crippen molar-refractivity contribution in [1.29, 1.82) is 0 Å². The molecule has 0 saturated heterocycles. The fourth-order valence-electron chi connectivity index (χ4n) is 3.58. The first-order valence-electron chi connectivity index (χ1n) is 7.79. The Hall–Kier alpha value is -1.70. The molecule has 0 spiro atoms. The number of ketones is 2. The molecule has 21 heavy (non-hydrogen) atoms. The van der Waals surface area contributed by atoms with Gasteiger partial charge >= 0.3 is 0 Å². The van der Waals surface area contributed by atoms with Crippen LogP contribution in [-0.4, -0.2) is 11.6 Å². The van der Waals surface area contributed by atoms with Crippen LogP contribution in [-0.2, 0) is 16.6 Å². The standard InChI is InChI=1S/C19H22O2/c1-11(2)14-9-13-10-16-12(6-5-7-19(16,3)4)8-15(13)18(21)17(14)20/h8-11H,5-7H2,1-4H3. The molecular formula is C19H22O2. The van der Waals surface area contributed by atoms with E-state index in [-0.39, 0.29) is 22.9 Å². The number of hydrogen-bond acceptors (Lipinski definition) is 2. The van der Waals surface area contributed by atoms with Crippen molar-refractivity contribution in [3.8, 4) is 0 Å². The summed E-state index contributed by atoms with van der Waals surface area (Å²) in [7, 11) is 0. The summed E-state index contributed by atoms with van der Waals surface area (Å²) in [5.74, 6) is -0.575. The van der Waals surface area contributed by atoms with Crippen molar-refractivity contribution in [2.75, 3.05) is 0 Å². The summed E-state index contributed by atoms with van der Waals surface area (Å²) in [6.45, 7) is 8.45. The van der Waals surface area contributed by atoms with Gasteiger partial charge in [0, 0.05) is 11.1 Å². The van der Waals surface area contributed by atoms with E-state index in [1.165, 1.54) is 17.5 Å². The minimum absolute atomic E-state index is 0.0821. The maximum Gasteiger partial charge on any atom is 0.233 e. The highest BCUT2D eigenvalue weighted by Gasteiger charge is 2.33. The van der Waals surface area contributed by atoms with E-state index in [9.17, 15) is 9.59 Å². The normalized spacial score (nSPS) is 20.1. The van der Waals surface area contributed by atoms with Crippen LogP contribution in [0.4, 0.5) is 0 Å².